The largest absolute Gasteiger partial charge is 0.481 e. The fraction of sp³-hybridized carbons (Fsp3) is 0.600. The Bertz CT molecular complexity index is 446. The van der Waals surface area contributed by atoms with E-state index in [4.69, 9.17) is 5.11 Å². The van der Waals surface area contributed by atoms with Crippen LogP contribution >= 0.6 is 11.3 Å². The fourth-order valence-electron chi connectivity index (χ4n) is 2.03. The molecule has 2 amide bonds. The van der Waals surface area contributed by atoms with E-state index in [2.05, 4.69) is 5.32 Å². The highest BCUT2D eigenvalue weighted by atomic mass is 32.1. The molecular weight excluding hydrogens is 288 g/mol. The molecule has 0 aliphatic rings. The van der Waals surface area contributed by atoms with Crippen molar-refractivity contribution in [2.45, 2.75) is 46.2 Å². The number of carboxylic acids is 1. The van der Waals surface area contributed by atoms with E-state index >= 15 is 0 Å². The number of nitrogens with one attached hydrogen (secondary N) is 1. The highest BCUT2D eigenvalue weighted by Crippen LogP contribution is 2.14. The average Bonchev–Trinajstić information content (AvgIpc) is 2.92. The third-order valence-corrected chi connectivity index (χ3v) is 4.14. The van der Waals surface area contributed by atoms with Crippen LogP contribution in [0.25, 0.3) is 0 Å². The van der Waals surface area contributed by atoms with Crippen molar-refractivity contribution in [1.29, 1.82) is 0 Å². The molecule has 0 bridgehead atoms. The van der Waals surface area contributed by atoms with Gasteiger partial charge in [0.25, 0.3) is 0 Å². The molecule has 0 saturated carbocycles. The Hall–Kier alpha value is -1.56. The fourth-order valence-corrected chi connectivity index (χ4v) is 2.74. The van der Waals surface area contributed by atoms with Gasteiger partial charge in [0, 0.05) is 17.5 Å². The summed E-state index contributed by atoms with van der Waals surface area (Å²) in [6, 6.07) is 3.80. The molecule has 0 spiro atoms. The van der Waals surface area contributed by atoms with Gasteiger partial charge in [-0.25, -0.2) is 4.79 Å². The lowest BCUT2D eigenvalue weighted by atomic mass is 10.0. The van der Waals surface area contributed by atoms with Crippen molar-refractivity contribution in [1.82, 2.24) is 10.2 Å². The summed E-state index contributed by atoms with van der Waals surface area (Å²) in [6.07, 6.45) is 1.36. The van der Waals surface area contributed by atoms with Crippen LogP contribution in [0.2, 0.25) is 0 Å². The summed E-state index contributed by atoms with van der Waals surface area (Å²) in [5.74, 6) is -1.37. The molecule has 1 atom stereocenters. The van der Waals surface area contributed by atoms with E-state index in [0.717, 1.165) is 11.3 Å². The first-order chi connectivity index (χ1) is 9.95. The Labute approximate surface area is 130 Å². The number of carboxylic acid groups (broad SMARTS) is 1. The van der Waals surface area contributed by atoms with Crippen molar-refractivity contribution in [3.05, 3.63) is 22.4 Å². The molecule has 0 aliphatic carbocycles. The molecule has 2 N–H and O–H groups in total. The third-order valence-electron chi connectivity index (χ3n) is 3.28. The van der Waals surface area contributed by atoms with Gasteiger partial charge in [-0.3, -0.25) is 4.79 Å². The van der Waals surface area contributed by atoms with Gasteiger partial charge in [-0.15, -0.1) is 11.3 Å². The average molecular weight is 312 g/mol. The number of thiophene rings is 1. The van der Waals surface area contributed by atoms with Crippen molar-refractivity contribution in [3.8, 4) is 0 Å². The van der Waals surface area contributed by atoms with Crippen LogP contribution in [0.4, 0.5) is 4.79 Å². The number of amides is 2. The Morgan fingerprint density at radius 1 is 1.43 bits per heavy atom. The molecule has 1 heterocycles. The number of rotatable bonds is 8. The number of aliphatic carboxylic acids is 1. The zero-order valence-corrected chi connectivity index (χ0v) is 13.7. The molecule has 0 fully saturated rings. The van der Waals surface area contributed by atoms with Gasteiger partial charge in [0.05, 0.1) is 12.5 Å². The maximum Gasteiger partial charge on any atom is 0.317 e. The van der Waals surface area contributed by atoms with Crippen molar-refractivity contribution >= 4 is 23.3 Å². The molecular formula is C15H24N2O3S. The van der Waals surface area contributed by atoms with Gasteiger partial charge in [-0.05, 0) is 31.7 Å². The minimum absolute atomic E-state index is 0.0570. The van der Waals surface area contributed by atoms with Crippen molar-refractivity contribution in [2.24, 2.45) is 5.92 Å². The minimum atomic E-state index is -0.855. The monoisotopic (exact) mass is 312 g/mol. The van der Waals surface area contributed by atoms with Gasteiger partial charge in [-0.2, -0.15) is 0 Å². The van der Waals surface area contributed by atoms with Gasteiger partial charge in [-0.1, -0.05) is 19.4 Å². The lowest BCUT2D eigenvalue weighted by Crippen LogP contribution is -2.45. The zero-order chi connectivity index (χ0) is 15.8. The van der Waals surface area contributed by atoms with Crippen LogP contribution in [0.15, 0.2) is 17.5 Å². The molecule has 6 heteroatoms. The van der Waals surface area contributed by atoms with Crippen LogP contribution in [0.5, 0.6) is 0 Å². The van der Waals surface area contributed by atoms with E-state index < -0.39 is 11.9 Å². The third kappa shape index (κ3) is 5.75. The Balaban J connectivity index is 2.58. The summed E-state index contributed by atoms with van der Waals surface area (Å²) in [4.78, 5) is 26.2. The predicted octanol–water partition coefficient (Wildman–Crippen LogP) is 3.17. The quantitative estimate of drug-likeness (QED) is 0.774. The van der Waals surface area contributed by atoms with E-state index in [1.165, 1.54) is 0 Å². The van der Waals surface area contributed by atoms with E-state index in [9.17, 15) is 9.59 Å². The summed E-state index contributed by atoms with van der Waals surface area (Å²) in [5, 5.41) is 13.8. The summed E-state index contributed by atoms with van der Waals surface area (Å²) < 4.78 is 0. The SMILES string of the molecule is CCCC(CNC(=O)N(Cc1cccs1)C(C)C)C(=O)O. The van der Waals surface area contributed by atoms with Gasteiger partial charge in [0.15, 0.2) is 0 Å². The zero-order valence-electron chi connectivity index (χ0n) is 12.8. The minimum Gasteiger partial charge on any atom is -0.481 e. The standard InChI is InChI=1S/C15H24N2O3S/c1-4-6-12(14(18)19)9-16-15(20)17(11(2)3)10-13-7-5-8-21-13/h5,7-8,11-12H,4,6,9-10H2,1-3H3,(H,16,20)(H,18,19). The second-order valence-electron chi connectivity index (χ2n) is 5.31. The number of carbonyl (C=O) groups excluding carboxylic acids is 1. The Morgan fingerprint density at radius 3 is 2.62 bits per heavy atom. The van der Waals surface area contributed by atoms with Gasteiger partial charge < -0.3 is 15.3 Å². The summed E-state index contributed by atoms with van der Waals surface area (Å²) in [7, 11) is 0. The van der Waals surface area contributed by atoms with Gasteiger partial charge >= 0.3 is 12.0 Å². The summed E-state index contributed by atoms with van der Waals surface area (Å²) >= 11 is 1.61. The van der Waals surface area contributed by atoms with Crippen LogP contribution < -0.4 is 5.32 Å². The first-order valence-electron chi connectivity index (χ1n) is 7.25. The van der Waals surface area contributed by atoms with E-state index in [1.54, 1.807) is 16.2 Å². The molecule has 1 aromatic rings. The van der Waals surface area contributed by atoms with Crippen LogP contribution in [0, 0.1) is 5.92 Å². The lowest BCUT2D eigenvalue weighted by Gasteiger charge is -2.27. The number of urea groups is 1. The van der Waals surface area contributed by atoms with Crippen molar-refractivity contribution in [2.75, 3.05) is 6.54 Å². The van der Waals surface area contributed by atoms with E-state index in [-0.39, 0.29) is 18.6 Å². The predicted molar refractivity (Wildman–Crippen MR) is 84.4 cm³/mol. The molecule has 5 nitrogen and oxygen atoms in total. The summed E-state index contributed by atoms with van der Waals surface area (Å²) in [6.45, 7) is 6.57. The second-order valence-corrected chi connectivity index (χ2v) is 6.34. The molecule has 1 rings (SSSR count). The molecule has 0 aromatic carbocycles. The number of nitrogens with zero attached hydrogens (tertiary/aromatic N) is 1. The topological polar surface area (TPSA) is 69.6 Å². The van der Waals surface area contributed by atoms with Crippen molar-refractivity contribution < 1.29 is 14.7 Å². The molecule has 21 heavy (non-hydrogen) atoms. The Morgan fingerprint density at radius 2 is 2.14 bits per heavy atom. The second kappa shape index (κ2) is 8.67. The number of hydrogen-bond acceptors (Lipinski definition) is 3. The van der Waals surface area contributed by atoms with Crippen LogP contribution in [-0.4, -0.2) is 34.6 Å². The molecule has 1 aromatic heterocycles. The highest BCUT2D eigenvalue weighted by Gasteiger charge is 2.21. The van der Waals surface area contributed by atoms with Gasteiger partial charge in [0.2, 0.25) is 0 Å². The molecule has 1 unspecified atom stereocenters. The Kier molecular flexibility index (Phi) is 7.22. The molecule has 0 aliphatic heterocycles. The molecule has 0 radical (unpaired) electrons. The van der Waals surface area contributed by atoms with Crippen LogP contribution in [0.3, 0.4) is 0 Å². The normalized spacial score (nSPS) is 12.2. The maximum atomic E-state index is 12.3. The maximum absolute atomic E-state index is 12.3. The van der Waals surface area contributed by atoms with Crippen molar-refractivity contribution in [3.63, 3.8) is 0 Å². The van der Waals surface area contributed by atoms with Gasteiger partial charge in [0.1, 0.15) is 0 Å². The summed E-state index contributed by atoms with van der Waals surface area (Å²) in [5.41, 5.74) is 0. The first kappa shape index (κ1) is 17.5. The smallest absolute Gasteiger partial charge is 0.317 e. The van der Waals surface area contributed by atoms with E-state index in [1.807, 2.05) is 38.3 Å². The van der Waals surface area contributed by atoms with Crippen LogP contribution in [-0.2, 0) is 11.3 Å². The number of carbonyl (C=O) groups is 2. The lowest BCUT2D eigenvalue weighted by molar-refractivity contribution is -0.141. The number of hydrogen-bond donors (Lipinski definition) is 2. The molecule has 118 valence electrons. The first-order valence-corrected chi connectivity index (χ1v) is 8.13. The molecule has 0 saturated heterocycles. The van der Waals surface area contributed by atoms with E-state index in [0.29, 0.717) is 13.0 Å². The highest BCUT2D eigenvalue weighted by molar-refractivity contribution is 7.09. The van der Waals surface area contributed by atoms with Crippen LogP contribution in [0.1, 0.15) is 38.5 Å².